The molecule has 0 saturated heterocycles. The van der Waals surface area contributed by atoms with Gasteiger partial charge in [-0.25, -0.2) is 5.43 Å². The summed E-state index contributed by atoms with van der Waals surface area (Å²) in [6, 6.07) is 9.24. The number of nitrogens with one attached hydrogen (secondary N) is 1. The molecule has 0 atom stereocenters. The highest BCUT2D eigenvalue weighted by Gasteiger charge is 2.12. The van der Waals surface area contributed by atoms with Crippen LogP contribution in [0.25, 0.3) is 0 Å². The molecule has 0 spiro atoms. The summed E-state index contributed by atoms with van der Waals surface area (Å²) in [6.07, 6.45) is 1.49. The predicted molar refractivity (Wildman–Crippen MR) is 103 cm³/mol. The van der Waals surface area contributed by atoms with Crippen LogP contribution in [0.1, 0.15) is 16.7 Å². The molecule has 0 aliphatic carbocycles. The lowest BCUT2D eigenvalue weighted by molar-refractivity contribution is -0.123. The van der Waals surface area contributed by atoms with E-state index in [0.717, 1.165) is 11.1 Å². The zero-order valence-electron chi connectivity index (χ0n) is 16.2. The van der Waals surface area contributed by atoms with Crippen molar-refractivity contribution in [3.63, 3.8) is 0 Å². The Bertz CT molecular complexity index is 788. The normalized spacial score (nSPS) is 10.6. The Hall–Kier alpha value is -3.22. The molecule has 2 rings (SSSR count). The third-order valence-electron chi connectivity index (χ3n) is 3.66. The number of carbonyl (C=O) groups is 1. The maximum atomic E-state index is 11.9. The van der Waals surface area contributed by atoms with Gasteiger partial charge in [0.25, 0.3) is 5.91 Å². The lowest BCUT2D eigenvalue weighted by Crippen LogP contribution is -2.24. The van der Waals surface area contributed by atoms with Gasteiger partial charge in [-0.2, -0.15) is 5.10 Å². The van der Waals surface area contributed by atoms with E-state index in [2.05, 4.69) is 10.5 Å². The molecule has 0 heterocycles. The number of rotatable bonds is 8. The number of hydrogen-bond donors (Lipinski definition) is 1. The van der Waals surface area contributed by atoms with E-state index in [1.807, 2.05) is 32.0 Å². The van der Waals surface area contributed by atoms with Crippen LogP contribution in [0, 0.1) is 13.8 Å². The van der Waals surface area contributed by atoms with Gasteiger partial charge in [-0.1, -0.05) is 6.07 Å². The van der Waals surface area contributed by atoms with Crippen molar-refractivity contribution < 1.29 is 23.7 Å². The number of hydrogen-bond acceptors (Lipinski definition) is 6. The molecule has 0 aliphatic heterocycles. The van der Waals surface area contributed by atoms with Gasteiger partial charge < -0.3 is 18.9 Å². The summed E-state index contributed by atoms with van der Waals surface area (Å²) in [5.41, 5.74) is 5.26. The fraction of sp³-hybridized carbons (Fsp3) is 0.300. The number of hydrazone groups is 1. The molecule has 144 valence electrons. The smallest absolute Gasteiger partial charge is 0.277 e. The first-order valence-corrected chi connectivity index (χ1v) is 8.29. The van der Waals surface area contributed by atoms with Crippen molar-refractivity contribution in [3.05, 3.63) is 47.0 Å². The lowest BCUT2D eigenvalue weighted by Gasteiger charge is -2.12. The van der Waals surface area contributed by atoms with Crippen LogP contribution in [0.15, 0.2) is 35.4 Å². The molecule has 1 amide bonds. The molecule has 0 radical (unpaired) electrons. The zero-order chi connectivity index (χ0) is 19.8. The maximum absolute atomic E-state index is 11.9. The van der Waals surface area contributed by atoms with E-state index < -0.39 is 0 Å². The van der Waals surface area contributed by atoms with Crippen molar-refractivity contribution >= 4 is 12.1 Å². The molecule has 0 fully saturated rings. The van der Waals surface area contributed by atoms with Gasteiger partial charge in [-0.3, -0.25) is 4.79 Å². The van der Waals surface area contributed by atoms with Crippen LogP contribution in [0.3, 0.4) is 0 Å². The van der Waals surface area contributed by atoms with E-state index in [9.17, 15) is 4.79 Å². The molecule has 0 aromatic heterocycles. The Kier molecular flexibility index (Phi) is 7.05. The maximum Gasteiger partial charge on any atom is 0.277 e. The van der Waals surface area contributed by atoms with Crippen LogP contribution in [0.5, 0.6) is 23.0 Å². The minimum absolute atomic E-state index is 0.129. The fourth-order valence-corrected chi connectivity index (χ4v) is 2.55. The van der Waals surface area contributed by atoms with Gasteiger partial charge in [0.05, 0.1) is 27.5 Å². The molecule has 0 aliphatic rings. The average molecular weight is 372 g/mol. The summed E-state index contributed by atoms with van der Waals surface area (Å²) >= 11 is 0. The third-order valence-corrected chi connectivity index (χ3v) is 3.66. The van der Waals surface area contributed by atoms with E-state index in [-0.39, 0.29) is 12.5 Å². The highest BCUT2D eigenvalue weighted by atomic mass is 16.5. The van der Waals surface area contributed by atoms with Crippen LogP contribution in [-0.2, 0) is 4.79 Å². The van der Waals surface area contributed by atoms with E-state index >= 15 is 0 Å². The largest absolute Gasteiger partial charge is 0.493 e. The van der Waals surface area contributed by atoms with Crippen molar-refractivity contribution in [2.45, 2.75) is 13.8 Å². The van der Waals surface area contributed by atoms with Crippen LogP contribution in [0.2, 0.25) is 0 Å². The summed E-state index contributed by atoms with van der Waals surface area (Å²) in [6.45, 7) is 3.82. The monoisotopic (exact) mass is 372 g/mol. The molecule has 1 N–H and O–H groups in total. The second-order valence-electron chi connectivity index (χ2n) is 5.86. The summed E-state index contributed by atoms with van der Waals surface area (Å²) < 4.78 is 21.3. The Balaban J connectivity index is 1.97. The number of aryl methyl sites for hydroxylation is 2. The van der Waals surface area contributed by atoms with E-state index in [4.69, 9.17) is 18.9 Å². The van der Waals surface area contributed by atoms with Crippen LogP contribution >= 0.6 is 0 Å². The highest BCUT2D eigenvalue weighted by molar-refractivity contribution is 5.84. The molecule has 0 saturated carbocycles. The van der Waals surface area contributed by atoms with E-state index in [1.54, 1.807) is 12.1 Å². The van der Waals surface area contributed by atoms with Gasteiger partial charge in [0, 0.05) is 5.56 Å². The topological polar surface area (TPSA) is 78.4 Å². The molecular weight excluding hydrogens is 348 g/mol. The van der Waals surface area contributed by atoms with Gasteiger partial charge in [0.1, 0.15) is 5.75 Å². The second-order valence-corrected chi connectivity index (χ2v) is 5.86. The number of ether oxygens (including phenoxy) is 4. The van der Waals surface area contributed by atoms with Gasteiger partial charge in [-0.05, 0) is 49.2 Å². The molecule has 0 bridgehead atoms. The van der Waals surface area contributed by atoms with Crippen molar-refractivity contribution in [3.8, 4) is 23.0 Å². The van der Waals surface area contributed by atoms with Gasteiger partial charge >= 0.3 is 0 Å². The van der Waals surface area contributed by atoms with Crippen molar-refractivity contribution in [2.75, 3.05) is 27.9 Å². The molecular formula is C20H24N2O5. The molecule has 7 nitrogen and oxygen atoms in total. The number of methoxy groups -OCH3 is 3. The molecule has 7 heteroatoms. The van der Waals surface area contributed by atoms with Crippen LogP contribution in [-0.4, -0.2) is 40.1 Å². The molecule has 0 unspecified atom stereocenters. The lowest BCUT2D eigenvalue weighted by atomic mass is 10.1. The second kappa shape index (κ2) is 9.47. The van der Waals surface area contributed by atoms with Gasteiger partial charge in [0.2, 0.25) is 5.75 Å². The number of carbonyl (C=O) groups excluding carboxylic acids is 1. The van der Waals surface area contributed by atoms with Crippen molar-refractivity contribution in [2.24, 2.45) is 5.10 Å². The Morgan fingerprint density at radius 2 is 1.56 bits per heavy atom. The summed E-state index contributed by atoms with van der Waals surface area (Å²) in [7, 11) is 4.60. The fourth-order valence-electron chi connectivity index (χ4n) is 2.55. The van der Waals surface area contributed by atoms with Gasteiger partial charge in [-0.15, -0.1) is 0 Å². The third kappa shape index (κ3) is 5.64. The number of amides is 1. The van der Waals surface area contributed by atoms with Gasteiger partial charge in [0.15, 0.2) is 18.1 Å². The SMILES string of the molecule is COc1cc(/C=N\NC(=O)COc2cc(C)cc(C)c2)cc(OC)c1OC. The highest BCUT2D eigenvalue weighted by Crippen LogP contribution is 2.37. The Labute approximate surface area is 158 Å². The molecule has 27 heavy (non-hydrogen) atoms. The van der Waals surface area contributed by atoms with Crippen molar-refractivity contribution in [1.82, 2.24) is 5.43 Å². The van der Waals surface area contributed by atoms with Crippen LogP contribution in [0.4, 0.5) is 0 Å². The summed E-state index contributed by atoms with van der Waals surface area (Å²) in [4.78, 5) is 11.9. The van der Waals surface area contributed by atoms with E-state index in [0.29, 0.717) is 28.6 Å². The van der Waals surface area contributed by atoms with Crippen molar-refractivity contribution in [1.29, 1.82) is 0 Å². The quantitative estimate of drug-likeness (QED) is 0.569. The first kappa shape index (κ1) is 20.1. The minimum atomic E-state index is -0.363. The average Bonchev–Trinajstić information content (AvgIpc) is 2.64. The first-order chi connectivity index (χ1) is 13.0. The summed E-state index contributed by atoms with van der Waals surface area (Å²) in [5.74, 6) is 1.78. The van der Waals surface area contributed by atoms with E-state index in [1.165, 1.54) is 27.5 Å². The molecule has 2 aromatic carbocycles. The van der Waals surface area contributed by atoms with Crippen LogP contribution < -0.4 is 24.4 Å². The number of benzene rings is 2. The Morgan fingerprint density at radius 3 is 2.07 bits per heavy atom. The standard InChI is InChI=1S/C20H24N2O5/c1-13-6-14(2)8-16(7-13)27-12-19(23)22-21-11-15-9-17(24-3)20(26-5)18(10-15)25-4/h6-11H,12H2,1-5H3,(H,22,23)/b21-11-. The summed E-state index contributed by atoms with van der Waals surface area (Å²) in [5, 5.41) is 3.94. The predicted octanol–water partition coefficient (Wildman–Crippen LogP) is 2.86. The Morgan fingerprint density at radius 1 is 0.963 bits per heavy atom. The minimum Gasteiger partial charge on any atom is -0.493 e. The first-order valence-electron chi connectivity index (χ1n) is 8.29. The molecule has 2 aromatic rings. The number of nitrogens with zero attached hydrogens (tertiary/aromatic N) is 1. The zero-order valence-corrected chi connectivity index (χ0v) is 16.2.